The zero-order chi connectivity index (χ0) is 20.4. The lowest BCUT2D eigenvalue weighted by atomic mass is 10.2. The molecule has 2 aromatic rings. The van der Waals surface area contributed by atoms with Crippen molar-refractivity contribution in [2.24, 2.45) is 0 Å². The standard InChI is InChI=1S/C20H25N5O3S/c1-14-4-2-3-5-17(14)25-18(15-12-29-13-16(15)22-25)21-19(27)20(28)24-8-6-23(7-9-24)10-11-26/h2-5,26H,6-13H2,1H3,(H,21,27)/p+1. The largest absolute Gasteiger partial charge is 0.391 e. The van der Waals surface area contributed by atoms with Crippen LogP contribution in [0.2, 0.25) is 0 Å². The molecule has 0 atom stereocenters. The smallest absolute Gasteiger partial charge is 0.315 e. The first-order valence-corrected chi connectivity index (χ1v) is 11.0. The van der Waals surface area contributed by atoms with Gasteiger partial charge in [-0.05, 0) is 18.6 Å². The third-order valence-electron chi connectivity index (χ3n) is 5.54. The molecule has 9 heteroatoms. The van der Waals surface area contributed by atoms with E-state index >= 15 is 0 Å². The molecule has 0 spiro atoms. The average Bonchev–Trinajstić information content (AvgIpc) is 3.31. The number of rotatable bonds is 4. The first-order valence-electron chi connectivity index (χ1n) is 9.87. The summed E-state index contributed by atoms with van der Waals surface area (Å²) in [5, 5.41) is 16.6. The second-order valence-corrected chi connectivity index (χ2v) is 8.42. The van der Waals surface area contributed by atoms with Crippen LogP contribution in [0, 0.1) is 6.92 Å². The highest BCUT2D eigenvalue weighted by molar-refractivity contribution is 7.98. The highest BCUT2D eigenvalue weighted by Crippen LogP contribution is 2.36. The Bertz CT molecular complexity index is 921. The number of aliphatic hydroxyl groups excluding tert-OH is 1. The topological polar surface area (TPSA) is 91.9 Å². The number of aliphatic hydroxyl groups is 1. The summed E-state index contributed by atoms with van der Waals surface area (Å²) in [5.41, 5.74) is 3.90. The van der Waals surface area contributed by atoms with Crippen molar-refractivity contribution >= 4 is 29.4 Å². The third kappa shape index (κ3) is 4.03. The number of carbonyl (C=O) groups excluding carboxylic acids is 2. The van der Waals surface area contributed by atoms with Gasteiger partial charge in [-0.1, -0.05) is 18.2 Å². The summed E-state index contributed by atoms with van der Waals surface area (Å²) >= 11 is 1.75. The minimum atomic E-state index is -0.620. The van der Waals surface area contributed by atoms with Gasteiger partial charge in [0.25, 0.3) is 0 Å². The van der Waals surface area contributed by atoms with Crippen molar-refractivity contribution in [1.29, 1.82) is 0 Å². The van der Waals surface area contributed by atoms with Gasteiger partial charge >= 0.3 is 11.8 Å². The van der Waals surface area contributed by atoms with E-state index in [0.717, 1.165) is 47.1 Å². The molecule has 0 bridgehead atoms. The van der Waals surface area contributed by atoms with Crippen molar-refractivity contribution in [2.45, 2.75) is 18.4 Å². The Hall–Kier alpha value is -2.36. The van der Waals surface area contributed by atoms with Gasteiger partial charge in [0, 0.05) is 17.1 Å². The molecule has 0 unspecified atom stereocenters. The first-order chi connectivity index (χ1) is 14.1. The number of hydrogen-bond donors (Lipinski definition) is 3. The fourth-order valence-corrected chi connectivity index (χ4v) is 4.89. The molecular weight excluding hydrogens is 390 g/mol. The molecule has 1 aromatic heterocycles. The number of carbonyl (C=O) groups is 2. The lowest BCUT2D eigenvalue weighted by Gasteiger charge is -2.31. The monoisotopic (exact) mass is 416 g/mol. The Morgan fingerprint density at radius 1 is 1.24 bits per heavy atom. The van der Waals surface area contributed by atoms with Crippen LogP contribution in [0.4, 0.5) is 5.82 Å². The fourth-order valence-electron chi connectivity index (χ4n) is 3.86. The molecule has 1 fully saturated rings. The number of benzene rings is 1. The van der Waals surface area contributed by atoms with Gasteiger partial charge in [0.2, 0.25) is 0 Å². The van der Waals surface area contributed by atoms with E-state index in [2.05, 4.69) is 5.32 Å². The molecule has 2 amide bonds. The Labute approximate surface area is 173 Å². The van der Waals surface area contributed by atoms with Crippen molar-refractivity contribution in [3.8, 4) is 5.69 Å². The van der Waals surface area contributed by atoms with Crippen LogP contribution >= 0.6 is 11.8 Å². The van der Waals surface area contributed by atoms with Gasteiger partial charge in [0.15, 0.2) is 0 Å². The summed E-state index contributed by atoms with van der Waals surface area (Å²) in [5.74, 6) is 1.05. The molecule has 3 heterocycles. The van der Waals surface area contributed by atoms with Crippen LogP contribution in [0.1, 0.15) is 16.8 Å². The second-order valence-electron chi connectivity index (χ2n) is 7.43. The summed E-state index contributed by atoms with van der Waals surface area (Å²) in [6.45, 7) is 5.34. The number of para-hydroxylation sites is 1. The van der Waals surface area contributed by atoms with E-state index in [1.165, 1.54) is 4.90 Å². The highest BCUT2D eigenvalue weighted by Gasteiger charge is 2.31. The summed E-state index contributed by atoms with van der Waals surface area (Å²) < 4.78 is 1.76. The fraction of sp³-hybridized carbons (Fsp3) is 0.450. The highest BCUT2D eigenvalue weighted by atomic mass is 32.2. The maximum Gasteiger partial charge on any atom is 0.315 e. The second kappa shape index (κ2) is 8.56. The van der Waals surface area contributed by atoms with Crippen LogP contribution in [0.25, 0.3) is 5.69 Å². The number of amides is 2. The lowest BCUT2D eigenvalue weighted by Crippen LogP contribution is -3.15. The number of hydrogen-bond acceptors (Lipinski definition) is 5. The van der Waals surface area contributed by atoms with Crippen molar-refractivity contribution in [3.05, 3.63) is 41.1 Å². The number of nitrogens with one attached hydrogen (secondary N) is 2. The molecule has 3 N–H and O–H groups in total. The predicted octanol–water partition coefficient (Wildman–Crippen LogP) is -0.415. The number of anilines is 1. The molecule has 0 aliphatic carbocycles. The molecule has 1 saturated heterocycles. The minimum Gasteiger partial charge on any atom is -0.391 e. The normalized spacial score (nSPS) is 16.7. The van der Waals surface area contributed by atoms with E-state index in [9.17, 15) is 9.59 Å². The van der Waals surface area contributed by atoms with E-state index in [1.54, 1.807) is 21.3 Å². The van der Waals surface area contributed by atoms with Crippen LogP contribution in [-0.2, 0) is 21.1 Å². The zero-order valence-electron chi connectivity index (χ0n) is 16.5. The molecule has 2 aliphatic rings. The minimum absolute atomic E-state index is 0.135. The van der Waals surface area contributed by atoms with Crippen LogP contribution in [0.15, 0.2) is 24.3 Å². The van der Waals surface area contributed by atoms with Crippen LogP contribution in [-0.4, -0.2) is 70.9 Å². The molecule has 4 rings (SSSR count). The van der Waals surface area contributed by atoms with Gasteiger partial charge in [-0.25, -0.2) is 4.68 Å². The lowest BCUT2D eigenvalue weighted by molar-refractivity contribution is -0.904. The summed E-state index contributed by atoms with van der Waals surface area (Å²) in [7, 11) is 0. The van der Waals surface area contributed by atoms with E-state index in [0.29, 0.717) is 25.5 Å². The van der Waals surface area contributed by atoms with Gasteiger partial charge in [0.05, 0.1) is 44.2 Å². The molecule has 29 heavy (non-hydrogen) atoms. The quantitative estimate of drug-likeness (QED) is 0.589. The number of aryl methyl sites for hydroxylation is 1. The summed E-state index contributed by atoms with van der Waals surface area (Å²) in [6.07, 6.45) is 0. The first kappa shape index (κ1) is 19.9. The molecule has 2 aliphatic heterocycles. The van der Waals surface area contributed by atoms with Gasteiger partial charge in [0.1, 0.15) is 12.4 Å². The maximum atomic E-state index is 12.8. The predicted molar refractivity (Wildman–Crippen MR) is 111 cm³/mol. The van der Waals surface area contributed by atoms with Crippen molar-refractivity contribution < 1.29 is 19.6 Å². The molecule has 0 saturated carbocycles. The third-order valence-corrected chi connectivity index (χ3v) is 6.52. The molecule has 154 valence electrons. The Kier molecular flexibility index (Phi) is 5.89. The van der Waals surface area contributed by atoms with Crippen molar-refractivity contribution in [3.63, 3.8) is 0 Å². The summed E-state index contributed by atoms with van der Waals surface area (Å²) in [4.78, 5) is 28.4. The van der Waals surface area contributed by atoms with Gasteiger partial charge in [-0.15, -0.1) is 0 Å². The van der Waals surface area contributed by atoms with Gasteiger partial charge in [-0.2, -0.15) is 16.9 Å². The van der Waals surface area contributed by atoms with E-state index in [4.69, 9.17) is 10.2 Å². The maximum absolute atomic E-state index is 12.8. The Balaban J connectivity index is 1.53. The van der Waals surface area contributed by atoms with Crippen LogP contribution in [0.3, 0.4) is 0 Å². The Morgan fingerprint density at radius 3 is 2.72 bits per heavy atom. The molecular formula is C20H26N5O3S+. The molecule has 1 aromatic carbocycles. The summed E-state index contributed by atoms with van der Waals surface area (Å²) in [6, 6.07) is 7.87. The van der Waals surface area contributed by atoms with E-state index in [1.807, 2.05) is 31.2 Å². The number of nitrogens with zero attached hydrogens (tertiary/aromatic N) is 3. The molecule has 0 radical (unpaired) electrons. The van der Waals surface area contributed by atoms with Crippen molar-refractivity contribution in [2.75, 3.05) is 44.6 Å². The van der Waals surface area contributed by atoms with Crippen LogP contribution < -0.4 is 10.2 Å². The number of aromatic nitrogens is 2. The molecule has 8 nitrogen and oxygen atoms in total. The number of thioether (sulfide) groups is 1. The van der Waals surface area contributed by atoms with E-state index < -0.39 is 11.8 Å². The van der Waals surface area contributed by atoms with Gasteiger partial charge in [-0.3, -0.25) is 9.59 Å². The zero-order valence-corrected chi connectivity index (χ0v) is 17.3. The van der Waals surface area contributed by atoms with Crippen LogP contribution in [0.5, 0.6) is 0 Å². The number of piperazine rings is 1. The number of fused-ring (bicyclic) bond motifs is 1. The average molecular weight is 417 g/mol. The number of quaternary nitrogens is 1. The van der Waals surface area contributed by atoms with Crippen molar-refractivity contribution in [1.82, 2.24) is 14.7 Å². The Morgan fingerprint density at radius 2 is 2.00 bits per heavy atom. The van der Waals surface area contributed by atoms with Gasteiger partial charge < -0.3 is 20.2 Å². The SMILES string of the molecule is Cc1ccccc1-n1nc2c(c1NC(=O)C(=O)N1CC[NH+](CCO)CC1)CSC2. The van der Waals surface area contributed by atoms with E-state index in [-0.39, 0.29) is 6.61 Å².